The van der Waals surface area contributed by atoms with Crippen LogP contribution in [-0.2, 0) is 6.18 Å². The molecular weight excluding hydrogens is 537 g/mol. The zero-order valence-corrected chi connectivity index (χ0v) is 21.2. The van der Waals surface area contributed by atoms with Gasteiger partial charge in [-0.1, -0.05) is 11.6 Å². The first-order valence-corrected chi connectivity index (χ1v) is 11.7. The number of amides is 1. The first kappa shape index (κ1) is 27.4. The molecule has 1 heterocycles. The predicted octanol–water partition coefficient (Wildman–Crippen LogP) is 7.23. The van der Waals surface area contributed by atoms with E-state index < -0.39 is 22.4 Å². The van der Waals surface area contributed by atoms with E-state index in [0.717, 1.165) is 34.8 Å². The molecule has 200 valence electrons. The minimum atomic E-state index is -4.72. The molecule has 0 saturated heterocycles. The second-order valence-corrected chi connectivity index (χ2v) is 8.84. The summed E-state index contributed by atoms with van der Waals surface area (Å²) in [7, 11) is 0. The molecule has 0 atom stereocenters. The van der Waals surface area contributed by atoms with Crippen molar-refractivity contribution in [3.05, 3.63) is 116 Å². The molecule has 0 radical (unpaired) electrons. The molecule has 1 N–H and O–H groups in total. The van der Waals surface area contributed by atoms with Gasteiger partial charge in [-0.2, -0.15) is 18.3 Å². The topological polar surface area (TPSA) is 98.8 Å². The van der Waals surface area contributed by atoms with Gasteiger partial charge in [-0.3, -0.25) is 14.9 Å². The number of rotatable bonds is 7. The highest BCUT2D eigenvalue weighted by Crippen LogP contribution is 2.38. The van der Waals surface area contributed by atoms with Crippen molar-refractivity contribution in [2.45, 2.75) is 20.0 Å². The first-order valence-electron chi connectivity index (χ1n) is 11.4. The van der Waals surface area contributed by atoms with Gasteiger partial charge in [0, 0.05) is 39.3 Å². The molecule has 0 unspecified atom stereocenters. The monoisotopic (exact) mass is 556 g/mol. The number of hydrogen-bond donors (Lipinski definition) is 1. The quantitative estimate of drug-likeness (QED) is 0.147. The van der Waals surface area contributed by atoms with E-state index in [4.69, 9.17) is 16.3 Å². The number of halogens is 4. The van der Waals surface area contributed by atoms with E-state index in [1.54, 1.807) is 48.5 Å². The molecule has 12 heteroatoms. The van der Waals surface area contributed by atoms with Crippen LogP contribution < -0.4 is 10.2 Å². The fourth-order valence-electron chi connectivity index (χ4n) is 3.85. The number of carbonyl (C=O) groups excluding carboxylic acids is 1. The number of hydrazone groups is 1. The molecule has 39 heavy (non-hydrogen) atoms. The molecule has 0 spiro atoms. The van der Waals surface area contributed by atoms with E-state index in [-0.39, 0.29) is 17.4 Å². The van der Waals surface area contributed by atoms with Crippen LogP contribution in [0.4, 0.5) is 18.9 Å². The maximum absolute atomic E-state index is 13.0. The number of carbonyl (C=O) groups is 1. The van der Waals surface area contributed by atoms with Gasteiger partial charge >= 0.3 is 11.9 Å². The van der Waals surface area contributed by atoms with Crippen LogP contribution in [0, 0.1) is 24.0 Å². The molecule has 8 nitrogen and oxygen atoms in total. The first-order chi connectivity index (χ1) is 18.4. The van der Waals surface area contributed by atoms with E-state index >= 15 is 0 Å². The summed E-state index contributed by atoms with van der Waals surface area (Å²) in [5.74, 6) is -0.496. The van der Waals surface area contributed by atoms with Crippen LogP contribution in [0.25, 0.3) is 5.69 Å². The average Bonchev–Trinajstić information content (AvgIpc) is 3.17. The molecule has 0 aliphatic heterocycles. The van der Waals surface area contributed by atoms with E-state index in [0.29, 0.717) is 16.7 Å². The van der Waals surface area contributed by atoms with Gasteiger partial charge in [0.25, 0.3) is 5.91 Å². The van der Waals surface area contributed by atoms with Gasteiger partial charge in [0.1, 0.15) is 5.75 Å². The predicted molar refractivity (Wildman–Crippen MR) is 140 cm³/mol. The maximum Gasteiger partial charge on any atom is 0.416 e. The van der Waals surface area contributed by atoms with Crippen LogP contribution in [-0.4, -0.2) is 21.6 Å². The van der Waals surface area contributed by atoms with Gasteiger partial charge < -0.3 is 9.30 Å². The Kier molecular flexibility index (Phi) is 7.73. The number of nitro benzene ring substituents is 1. The third-order valence-electron chi connectivity index (χ3n) is 5.75. The van der Waals surface area contributed by atoms with Gasteiger partial charge in [0.15, 0.2) is 0 Å². The number of aromatic nitrogens is 1. The second kappa shape index (κ2) is 11.0. The summed E-state index contributed by atoms with van der Waals surface area (Å²) in [5, 5.41) is 15.9. The molecule has 0 fully saturated rings. The SMILES string of the molecule is Cc1cc(/C=N\NC(=O)c2ccc(Cl)cc2)c(C)n1-c1ccc(Oc2ccc(C(F)(F)F)cc2[N+](=O)[O-])cc1. The van der Waals surface area contributed by atoms with Crippen molar-refractivity contribution in [3.63, 3.8) is 0 Å². The lowest BCUT2D eigenvalue weighted by Crippen LogP contribution is -2.17. The lowest BCUT2D eigenvalue weighted by atomic mass is 10.2. The Morgan fingerprint density at radius 3 is 2.33 bits per heavy atom. The third-order valence-corrected chi connectivity index (χ3v) is 6.00. The number of aryl methyl sites for hydroxylation is 1. The molecule has 4 aromatic rings. The van der Waals surface area contributed by atoms with Gasteiger partial charge in [-0.15, -0.1) is 0 Å². The average molecular weight is 557 g/mol. The number of benzene rings is 3. The van der Waals surface area contributed by atoms with Crippen molar-refractivity contribution in [1.29, 1.82) is 0 Å². The number of nitro groups is 1. The van der Waals surface area contributed by atoms with Crippen molar-refractivity contribution in [1.82, 2.24) is 9.99 Å². The fraction of sp³-hybridized carbons (Fsp3) is 0.111. The van der Waals surface area contributed by atoms with Crippen LogP contribution in [0.2, 0.25) is 5.02 Å². The Labute approximate surface area is 225 Å². The van der Waals surface area contributed by atoms with Crippen molar-refractivity contribution < 1.29 is 27.6 Å². The van der Waals surface area contributed by atoms with E-state index in [1.807, 2.05) is 24.5 Å². The molecule has 1 aromatic heterocycles. The third kappa shape index (κ3) is 6.27. The Balaban J connectivity index is 1.50. The zero-order chi connectivity index (χ0) is 28.3. The number of nitrogens with zero attached hydrogens (tertiary/aromatic N) is 3. The Morgan fingerprint density at radius 1 is 1.05 bits per heavy atom. The molecule has 0 aliphatic rings. The summed E-state index contributed by atoms with van der Waals surface area (Å²) in [5.41, 5.74) is 4.13. The number of alkyl halides is 3. The molecule has 4 rings (SSSR count). The summed E-state index contributed by atoms with van der Waals surface area (Å²) < 4.78 is 46.3. The highest BCUT2D eigenvalue weighted by molar-refractivity contribution is 6.30. The van der Waals surface area contributed by atoms with Gasteiger partial charge in [0.2, 0.25) is 5.75 Å². The number of ether oxygens (including phenoxy) is 1. The van der Waals surface area contributed by atoms with E-state index in [2.05, 4.69) is 10.5 Å². The summed E-state index contributed by atoms with van der Waals surface area (Å²) in [6, 6.07) is 16.9. The van der Waals surface area contributed by atoms with Crippen LogP contribution in [0.15, 0.2) is 77.9 Å². The van der Waals surface area contributed by atoms with Crippen molar-refractivity contribution >= 4 is 29.4 Å². The molecular formula is C27H20ClF3N4O4. The zero-order valence-electron chi connectivity index (χ0n) is 20.5. The molecule has 3 aromatic carbocycles. The second-order valence-electron chi connectivity index (χ2n) is 8.40. The van der Waals surface area contributed by atoms with Crippen molar-refractivity contribution in [2.24, 2.45) is 5.10 Å². The van der Waals surface area contributed by atoms with Crippen molar-refractivity contribution in [2.75, 3.05) is 0 Å². The standard InChI is InChI=1S/C27H20ClF3N4O4/c1-16-13-19(15-32-33-26(36)18-3-6-21(28)7-4-18)17(2)34(16)22-8-10-23(11-9-22)39-25-12-5-20(27(29,30)31)14-24(25)35(37)38/h3-15H,1-2H3,(H,33,36)/b32-15-. The summed E-state index contributed by atoms with van der Waals surface area (Å²) in [6.45, 7) is 3.75. The largest absolute Gasteiger partial charge is 0.450 e. The highest BCUT2D eigenvalue weighted by atomic mass is 35.5. The van der Waals surface area contributed by atoms with Crippen LogP contribution >= 0.6 is 11.6 Å². The Hall–Kier alpha value is -4.64. The Morgan fingerprint density at radius 2 is 1.72 bits per heavy atom. The molecule has 1 amide bonds. The summed E-state index contributed by atoms with van der Waals surface area (Å²) in [4.78, 5) is 22.6. The fourth-order valence-corrected chi connectivity index (χ4v) is 3.98. The number of nitrogens with one attached hydrogen (secondary N) is 1. The van der Waals surface area contributed by atoms with Gasteiger partial charge in [0.05, 0.1) is 16.7 Å². The minimum absolute atomic E-state index is 0.204. The summed E-state index contributed by atoms with van der Waals surface area (Å²) in [6.07, 6.45) is -3.20. The normalized spacial score (nSPS) is 11.5. The highest BCUT2D eigenvalue weighted by Gasteiger charge is 2.33. The van der Waals surface area contributed by atoms with Crippen LogP contribution in [0.1, 0.15) is 32.9 Å². The maximum atomic E-state index is 13.0. The van der Waals surface area contributed by atoms with Gasteiger partial charge in [-0.25, -0.2) is 5.43 Å². The van der Waals surface area contributed by atoms with Crippen LogP contribution in [0.3, 0.4) is 0 Å². The van der Waals surface area contributed by atoms with Crippen LogP contribution in [0.5, 0.6) is 11.5 Å². The van der Waals surface area contributed by atoms with E-state index in [9.17, 15) is 28.1 Å². The van der Waals surface area contributed by atoms with Crippen molar-refractivity contribution in [3.8, 4) is 17.2 Å². The molecule has 0 bridgehead atoms. The lowest BCUT2D eigenvalue weighted by molar-refractivity contribution is -0.385. The smallest absolute Gasteiger partial charge is 0.416 e. The molecule has 0 saturated carbocycles. The molecule has 0 aliphatic carbocycles. The van der Waals surface area contributed by atoms with Gasteiger partial charge in [-0.05, 0) is 80.6 Å². The lowest BCUT2D eigenvalue weighted by Gasteiger charge is -2.12. The summed E-state index contributed by atoms with van der Waals surface area (Å²) >= 11 is 5.84. The van der Waals surface area contributed by atoms with E-state index in [1.165, 1.54) is 6.21 Å². The minimum Gasteiger partial charge on any atom is -0.450 e. The number of hydrogen-bond acceptors (Lipinski definition) is 5. The Bertz CT molecular complexity index is 1560.